The Morgan fingerprint density at radius 1 is 1.62 bits per heavy atom. The van der Waals surface area contributed by atoms with Gasteiger partial charge < -0.3 is 5.32 Å². The maximum Gasteiger partial charge on any atom is 0.261 e. The fourth-order valence-corrected chi connectivity index (χ4v) is 2.14. The molecule has 1 aromatic rings. The minimum atomic E-state index is -0.0729. The molecule has 0 atom stereocenters. The number of rotatable bonds is 3. The average molecular weight is 325 g/mol. The van der Waals surface area contributed by atoms with Crippen LogP contribution >= 0.6 is 43.2 Å². The van der Waals surface area contributed by atoms with Crippen molar-refractivity contribution in [3.63, 3.8) is 0 Å². The monoisotopic (exact) mass is 323 g/mol. The van der Waals surface area contributed by atoms with Gasteiger partial charge in [0.25, 0.3) is 5.91 Å². The second-order valence-electron chi connectivity index (χ2n) is 2.30. The van der Waals surface area contributed by atoms with Crippen molar-refractivity contribution in [1.82, 2.24) is 5.32 Å². The van der Waals surface area contributed by atoms with Crippen LogP contribution in [0.4, 0.5) is 0 Å². The molecule has 70 valence electrons. The highest BCUT2D eigenvalue weighted by Crippen LogP contribution is 2.21. The summed E-state index contributed by atoms with van der Waals surface area (Å²) in [6.07, 6.45) is 0. The number of thiophene rings is 1. The Balaban J connectivity index is 2.54. The van der Waals surface area contributed by atoms with Crippen molar-refractivity contribution in [2.24, 2.45) is 0 Å². The van der Waals surface area contributed by atoms with E-state index in [1.165, 1.54) is 11.3 Å². The molecule has 0 saturated heterocycles. The number of hydrogen-bond acceptors (Lipinski definition) is 2. The predicted molar refractivity (Wildman–Crippen MR) is 62.4 cm³/mol. The first-order valence-electron chi connectivity index (χ1n) is 3.46. The summed E-state index contributed by atoms with van der Waals surface area (Å²) in [5.74, 6) is -0.0729. The molecule has 13 heavy (non-hydrogen) atoms. The predicted octanol–water partition coefficient (Wildman–Crippen LogP) is 3.15. The molecule has 0 aliphatic heterocycles. The molecule has 0 aromatic carbocycles. The molecule has 0 bridgehead atoms. The molecular formula is C8H7Br2NOS. The van der Waals surface area contributed by atoms with Gasteiger partial charge in [-0.05, 0) is 28.1 Å². The van der Waals surface area contributed by atoms with Gasteiger partial charge in [-0.2, -0.15) is 0 Å². The molecule has 2 nitrogen and oxygen atoms in total. The van der Waals surface area contributed by atoms with Crippen LogP contribution in [0.15, 0.2) is 27.0 Å². The lowest BCUT2D eigenvalue weighted by Crippen LogP contribution is -2.23. The average Bonchev–Trinajstić information content (AvgIpc) is 2.47. The van der Waals surface area contributed by atoms with Gasteiger partial charge in [0, 0.05) is 11.0 Å². The topological polar surface area (TPSA) is 29.1 Å². The van der Waals surface area contributed by atoms with E-state index in [2.05, 4.69) is 43.8 Å². The van der Waals surface area contributed by atoms with Crippen molar-refractivity contribution in [3.8, 4) is 0 Å². The Bertz CT molecular complexity index is 335. The molecule has 1 rings (SSSR count). The summed E-state index contributed by atoms with van der Waals surface area (Å²) in [6, 6.07) is 3.63. The SMILES string of the molecule is C=C(Br)CNC(=O)c1ccc(Br)s1. The molecule has 0 unspecified atom stereocenters. The highest BCUT2D eigenvalue weighted by Gasteiger charge is 2.07. The van der Waals surface area contributed by atoms with Crippen LogP contribution in [0, 0.1) is 0 Å². The Morgan fingerprint density at radius 2 is 2.31 bits per heavy atom. The number of carbonyl (C=O) groups is 1. The molecular weight excluding hydrogens is 318 g/mol. The molecule has 0 aliphatic carbocycles. The van der Waals surface area contributed by atoms with Crippen LogP contribution in [0.2, 0.25) is 0 Å². The molecule has 0 aliphatic rings. The van der Waals surface area contributed by atoms with Gasteiger partial charge in [-0.3, -0.25) is 4.79 Å². The summed E-state index contributed by atoms with van der Waals surface area (Å²) >= 11 is 7.86. The van der Waals surface area contributed by atoms with Crippen molar-refractivity contribution < 1.29 is 4.79 Å². The first kappa shape index (κ1) is 10.9. The van der Waals surface area contributed by atoms with Crippen LogP contribution in [-0.2, 0) is 0 Å². The summed E-state index contributed by atoms with van der Waals surface area (Å²) < 4.78 is 1.71. The molecule has 0 spiro atoms. The minimum Gasteiger partial charge on any atom is -0.347 e. The Hall–Kier alpha value is -0.130. The van der Waals surface area contributed by atoms with Gasteiger partial charge in [0.05, 0.1) is 8.66 Å². The summed E-state index contributed by atoms with van der Waals surface area (Å²) in [5.41, 5.74) is 0. The van der Waals surface area contributed by atoms with E-state index in [4.69, 9.17) is 0 Å². The van der Waals surface area contributed by atoms with E-state index in [0.29, 0.717) is 11.4 Å². The van der Waals surface area contributed by atoms with E-state index in [1.54, 1.807) is 6.07 Å². The fraction of sp³-hybridized carbons (Fsp3) is 0.125. The van der Waals surface area contributed by atoms with Gasteiger partial charge in [-0.15, -0.1) is 11.3 Å². The third-order valence-electron chi connectivity index (χ3n) is 1.24. The number of nitrogens with one attached hydrogen (secondary N) is 1. The zero-order valence-electron chi connectivity index (χ0n) is 6.64. The highest BCUT2D eigenvalue weighted by atomic mass is 79.9. The van der Waals surface area contributed by atoms with Crippen molar-refractivity contribution in [2.75, 3.05) is 6.54 Å². The maximum absolute atomic E-state index is 11.4. The Morgan fingerprint density at radius 3 is 2.77 bits per heavy atom. The number of hydrogen-bond donors (Lipinski definition) is 1. The quantitative estimate of drug-likeness (QED) is 0.909. The van der Waals surface area contributed by atoms with Gasteiger partial charge in [0.2, 0.25) is 0 Å². The minimum absolute atomic E-state index is 0.0729. The zero-order valence-corrected chi connectivity index (χ0v) is 10.6. The van der Waals surface area contributed by atoms with E-state index in [0.717, 1.165) is 8.27 Å². The summed E-state index contributed by atoms with van der Waals surface area (Å²) in [5, 5.41) is 2.72. The first-order valence-corrected chi connectivity index (χ1v) is 5.86. The van der Waals surface area contributed by atoms with Crippen LogP contribution in [0.1, 0.15) is 9.67 Å². The van der Waals surface area contributed by atoms with Crippen LogP contribution in [0.5, 0.6) is 0 Å². The van der Waals surface area contributed by atoms with Gasteiger partial charge in [-0.25, -0.2) is 0 Å². The van der Waals surface area contributed by atoms with Crippen LogP contribution in [-0.4, -0.2) is 12.5 Å². The maximum atomic E-state index is 11.4. The second-order valence-corrected chi connectivity index (χ2v) is 5.89. The van der Waals surface area contributed by atoms with E-state index < -0.39 is 0 Å². The largest absolute Gasteiger partial charge is 0.347 e. The summed E-state index contributed by atoms with van der Waals surface area (Å²) in [4.78, 5) is 12.1. The van der Waals surface area contributed by atoms with E-state index >= 15 is 0 Å². The smallest absolute Gasteiger partial charge is 0.261 e. The normalized spacial score (nSPS) is 9.69. The number of halogens is 2. The fourth-order valence-electron chi connectivity index (χ4n) is 0.700. The Labute approximate surface area is 97.3 Å². The second kappa shape index (κ2) is 4.93. The highest BCUT2D eigenvalue weighted by molar-refractivity contribution is 9.11. The lowest BCUT2D eigenvalue weighted by Gasteiger charge is -2.00. The van der Waals surface area contributed by atoms with Gasteiger partial charge in [0.15, 0.2) is 0 Å². The van der Waals surface area contributed by atoms with E-state index in [-0.39, 0.29) is 5.91 Å². The Kier molecular flexibility index (Phi) is 4.15. The van der Waals surface area contributed by atoms with Gasteiger partial charge in [-0.1, -0.05) is 22.5 Å². The third kappa shape index (κ3) is 3.62. The van der Waals surface area contributed by atoms with Crippen molar-refractivity contribution in [3.05, 3.63) is 31.9 Å². The van der Waals surface area contributed by atoms with Crippen molar-refractivity contribution in [1.29, 1.82) is 0 Å². The molecule has 0 radical (unpaired) electrons. The summed E-state index contributed by atoms with van der Waals surface area (Å²) in [7, 11) is 0. The number of carbonyl (C=O) groups excluding carboxylic acids is 1. The van der Waals surface area contributed by atoms with Crippen LogP contribution < -0.4 is 5.32 Å². The molecule has 1 amide bonds. The zero-order chi connectivity index (χ0) is 9.84. The summed E-state index contributed by atoms with van der Waals surface area (Å²) in [6.45, 7) is 4.07. The van der Waals surface area contributed by atoms with Gasteiger partial charge >= 0.3 is 0 Å². The molecule has 5 heteroatoms. The third-order valence-corrected chi connectivity index (χ3v) is 3.14. The van der Waals surface area contributed by atoms with Crippen LogP contribution in [0.25, 0.3) is 0 Å². The van der Waals surface area contributed by atoms with Gasteiger partial charge in [0.1, 0.15) is 0 Å². The molecule has 0 fully saturated rings. The van der Waals surface area contributed by atoms with Crippen molar-refractivity contribution in [2.45, 2.75) is 0 Å². The van der Waals surface area contributed by atoms with E-state index in [1.807, 2.05) is 6.07 Å². The molecule has 0 saturated carbocycles. The standard InChI is InChI=1S/C8H7Br2NOS/c1-5(9)4-11-8(12)6-2-3-7(10)13-6/h2-3H,1,4H2,(H,11,12). The number of amides is 1. The molecule has 1 N–H and O–H groups in total. The van der Waals surface area contributed by atoms with E-state index in [9.17, 15) is 4.79 Å². The molecule has 1 aromatic heterocycles. The molecule has 1 heterocycles. The lowest BCUT2D eigenvalue weighted by molar-refractivity contribution is 0.0962. The van der Waals surface area contributed by atoms with Crippen LogP contribution in [0.3, 0.4) is 0 Å². The van der Waals surface area contributed by atoms with Crippen molar-refractivity contribution >= 4 is 49.1 Å². The first-order chi connectivity index (χ1) is 6.09. The lowest BCUT2D eigenvalue weighted by atomic mass is 10.4.